The summed E-state index contributed by atoms with van der Waals surface area (Å²) in [4.78, 5) is 57.0. The second-order valence-electron chi connectivity index (χ2n) is 11.2. The summed E-state index contributed by atoms with van der Waals surface area (Å²) in [6.45, 7) is 9.55. The van der Waals surface area contributed by atoms with Gasteiger partial charge in [-0.3, -0.25) is 19.2 Å². The number of esters is 1. The van der Waals surface area contributed by atoms with Gasteiger partial charge in [0, 0.05) is 41.7 Å². The van der Waals surface area contributed by atoms with Crippen molar-refractivity contribution in [2.45, 2.75) is 67.7 Å². The number of amides is 3. The normalized spacial score (nSPS) is 27.9. The van der Waals surface area contributed by atoms with E-state index in [4.69, 9.17) is 21.1 Å². The smallest absolute Gasteiger partial charge is 0.312 e. The van der Waals surface area contributed by atoms with Crippen molar-refractivity contribution in [2.75, 3.05) is 31.1 Å². The lowest BCUT2D eigenvalue weighted by Crippen LogP contribution is -2.57. The summed E-state index contributed by atoms with van der Waals surface area (Å²) in [5.41, 5.74) is -0.677. The van der Waals surface area contributed by atoms with E-state index in [1.165, 1.54) is 4.90 Å². The first-order chi connectivity index (χ1) is 20.6. The summed E-state index contributed by atoms with van der Waals surface area (Å²) in [7, 11) is 0. The Morgan fingerprint density at radius 3 is 2.65 bits per heavy atom. The molecule has 4 rings (SSSR count). The molecule has 0 saturated carbocycles. The molecule has 3 saturated heterocycles. The van der Waals surface area contributed by atoms with Gasteiger partial charge in [-0.05, 0) is 56.9 Å². The van der Waals surface area contributed by atoms with Crippen molar-refractivity contribution in [1.29, 1.82) is 0 Å². The fraction of sp³-hybridized carbons (Fsp3) is 0.548. The highest BCUT2D eigenvalue weighted by atomic mass is 79.9. The summed E-state index contributed by atoms with van der Waals surface area (Å²) in [5, 5.41) is 12.7. The Morgan fingerprint density at radius 1 is 1.28 bits per heavy atom. The van der Waals surface area contributed by atoms with Crippen molar-refractivity contribution < 1.29 is 33.8 Å². The number of benzene rings is 1. The minimum atomic E-state index is -1.26. The maximum Gasteiger partial charge on any atom is 0.312 e. The molecule has 1 unspecified atom stereocenters. The number of hydrogen-bond acceptors (Lipinski definition) is 7. The van der Waals surface area contributed by atoms with Crippen molar-refractivity contribution in [3.63, 3.8) is 0 Å². The number of alkyl halides is 1. The third kappa shape index (κ3) is 6.69. The van der Waals surface area contributed by atoms with E-state index in [-0.39, 0.29) is 55.2 Å². The van der Waals surface area contributed by atoms with Gasteiger partial charge in [0.1, 0.15) is 17.7 Å². The first kappa shape index (κ1) is 33.2. The second-order valence-corrected chi connectivity index (χ2v) is 12.8. The SMILES string of the molecule is C=CCCC(=O)NC[C@H](C)OC(=O)[C@H]1[C@@H]2O[C@@]3(CC2Br)[C@@H]1C(=O)N(CCCCO)[C@@H]3C(=O)N(CC=C)c1ccc(Cl)cc1. The van der Waals surface area contributed by atoms with Gasteiger partial charge in [0.05, 0.1) is 24.5 Å². The quantitative estimate of drug-likeness (QED) is 0.126. The van der Waals surface area contributed by atoms with Crippen LogP contribution in [0.15, 0.2) is 49.6 Å². The number of anilines is 1. The molecular weight excluding hydrogens is 642 g/mol. The lowest BCUT2D eigenvalue weighted by atomic mass is 9.70. The largest absolute Gasteiger partial charge is 0.460 e. The molecule has 2 bridgehead atoms. The van der Waals surface area contributed by atoms with E-state index in [9.17, 15) is 24.3 Å². The zero-order chi connectivity index (χ0) is 31.3. The highest BCUT2D eigenvalue weighted by Gasteiger charge is 2.77. The van der Waals surface area contributed by atoms with E-state index in [1.807, 2.05) is 0 Å². The molecule has 2 N–H and O–H groups in total. The van der Waals surface area contributed by atoms with Gasteiger partial charge in [-0.25, -0.2) is 0 Å². The molecule has 43 heavy (non-hydrogen) atoms. The number of aliphatic hydroxyl groups excluding tert-OH is 1. The van der Waals surface area contributed by atoms with Crippen LogP contribution in [0.3, 0.4) is 0 Å². The van der Waals surface area contributed by atoms with Crippen molar-refractivity contribution in [3.8, 4) is 0 Å². The second kappa shape index (κ2) is 14.4. The number of fused-ring (bicyclic) bond motifs is 1. The Labute approximate surface area is 265 Å². The molecule has 3 fully saturated rings. The van der Waals surface area contributed by atoms with Crippen LogP contribution in [0.5, 0.6) is 0 Å². The number of carbonyl (C=O) groups is 4. The number of allylic oxidation sites excluding steroid dienone is 1. The summed E-state index contributed by atoms with van der Waals surface area (Å²) in [6.07, 6.45) is 4.03. The Bertz CT molecular complexity index is 1230. The number of likely N-dealkylation sites (tertiary alicyclic amines) is 1. The van der Waals surface area contributed by atoms with Crippen LogP contribution in [0.4, 0.5) is 5.69 Å². The number of ether oxygens (including phenoxy) is 2. The average molecular weight is 681 g/mol. The van der Waals surface area contributed by atoms with Crippen LogP contribution in [0.2, 0.25) is 5.02 Å². The Balaban J connectivity index is 1.63. The number of carbonyl (C=O) groups excluding carboxylic acids is 4. The van der Waals surface area contributed by atoms with E-state index in [0.717, 1.165) is 0 Å². The predicted octanol–water partition coefficient (Wildman–Crippen LogP) is 3.39. The topological polar surface area (TPSA) is 125 Å². The van der Waals surface area contributed by atoms with E-state index in [0.29, 0.717) is 36.4 Å². The van der Waals surface area contributed by atoms with Crippen molar-refractivity contribution in [2.24, 2.45) is 11.8 Å². The maximum absolute atomic E-state index is 14.5. The number of nitrogens with one attached hydrogen (secondary N) is 1. The Hall–Kier alpha value is -2.73. The number of hydrogen-bond donors (Lipinski definition) is 2. The van der Waals surface area contributed by atoms with Crippen LogP contribution in [0, 0.1) is 11.8 Å². The molecule has 3 amide bonds. The number of unbranched alkanes of at least 4 members (excludes halogenated alkanes) is 1. The van der Waals surface area contributed by atoms with Gasteiger partial charge >= 0.3 is 5.97 Å². The molecule has 0 radical (unpaired) electrons. The Morgan fingerprint density at radius 2 is 2.00 bits per heavy atom. The first-order valence-corrected chi connectivity index (χ1v) is 15.9. The molecule has 12 heteroatoms. The van der Waals surface area contributed by atoms with Gasteiger partial charge < -0.3 is 29.7 Å². The van der Waals surface area contributed by atoms with Crippen molar-refractivity contribution >= 4 is 56.9 Å². The van der Waals surface area contributed by atoms with Crippen molar-refractivity contribution in [1.82, 2.24) is 10.2 Å². The van der Waals surface area contributed by atoms with E-state index in [2.05, 4.69) is 34.4 Å². The molecular formula is C31H39BrClN3O7. The number of rotatable bonds is 15. The van der Waals surface area contributed by atoms with E-state index >= 15 is 0 Å². The molecule has 3 aliphatic heterocycles. The van der Waals surface area contributed by atoms with Gasteiger partial charge in [0.25, 0.3) is 5.91 Å². The van der Waals surface area contributed by atoms with E-state index in [1.54, 1.807) is 48.2 Å². The fourth-order valence-electron chi connectivity index (χ4n) is 6.43. The minimum absolute atomic E-state index is 0.0540. The monoisotopic (exact) mass is 679 g/mol. The molecule has 0 aromatic heterocycles. The third-order valence-electron chi connectivity index (χ3n) is 8.30. The molecule has 0 aliphatic carbocycles. The highest BCUT2D eigenvalue weighted by molar-refractivity contribution is 9.09. The standard InChI is InChI=1S/C31H39BrClN3O7/c1-4-6-9-23(38)34-18-19(3)42-30(41)24-25-28(39)36(15-7-8-16-37)27(31(25)17-22(32)26(24)43-31)29(40)35(14-5-2)21-12-10-20(33)11-13-21/h4-5,10-13,19,22,24-27,37H,1-2,6-9,14-18H2,3H3,(H,34,38)/t19-,22?,24+,25-,26+,27+,31-/m0/s1. The van der Waals surface area contributed by atoms with Gasteiger partial charge in [0.2, 0.25) is 11.8 Å². The third-order valence-corrected chi connectivity index (χ3v) is 9.39. The number of nitrogens with zero attached hydrogens (tertiary/aromatic N) is 2. The molecule has 1 aromatic rings. The van der Waals surface area contributed by atoms with Gasteiger partial charge in [0.15, 0.2) is 0 Å². The zero-order valence-electron chi connectivity index (χ0n) is 24.3. The molecule has 7 atom stereocenters. The molecule has 234 valence electrons. The molecule has 1 spiro atoms. The molecule has 3 aliphatic rings. The predicted molar refractivity (Wildman–Crippen MR) is 166 cm³/mol. The van der Waals surface area contributed by atoms with Gasteiger partial charge in [-0.2, -0.15) is 0 Å². The van der Waals surface area contributed by atoms with Crippen LogP contribution in [-0.2, 0) is 28.7 Å². The molecule has 10 nitrogen and oxygen atoms in total. The van der Waals surface area contributed by atoms with Crippen molar-refractivity contribution in [3.05, 3.63) is 54.6 Å². The summed E-state index contributed by atoms with van der Waals surface area (Å²) >= 11 is 9.76. The molecule has 3 heterocycles. The minimum Gasteiger partial charge on any atom is -0.460 e. The van der Waals surface area contributed by atoms with Gasteiger partial charge in [-0.15, -0.1) is 13.2 Å². The number of halogens is 2. The van der Waals surface area contributed by atoms with Crippen LogP contribution >= 0.6 is 27.5 Å². The number of aliphatic hydroxyl groups is 1. The van der Waals surface area contributed by atoms with Crippen LogP contribution in [0.25, 0.3) is 0 Å². The lowest BCUT2D eigenvalue weighted by Gasteiger charge is -2.37. The Kier molecular flexibility index (Phi) is 11.1. The summed E-state index contributed by atoms with van der Waals surface area (Å²) < 4.78 is 12.3. The molecule has 1 aromatic carbocycles. The lowest BCUT2D eigenvalue weighted by molar-refractivity contribution is -0.159. The van der Waals surface area contributed by atoms with E-state index < -0.39 is 41.7 Å². The van der Waals surface area contributed by atoms with Crippen LogP contribution in [-0.4, -0.2) is 88.6 Å². The van der Waals surface area contributed by atoms with Crippen LogP contribution in [0.1, 0.15) is 39.0 Å². The highest BCUT2D eigenvalue weighted by Crippen LogP contribution is 2.60. The summed E-state index contributed by atoms with van der Waals surface area (Å²) in [5.74, 6) is -3.35. The maximum atomic E-state index is 14.5. The zero-order valence-corrected chi connectivity index (χ0v) is 26.6. The fourth-order valence-corrected chi connectivity index (χ4v) is 7.50. The summed E-state index contributed by atoms with van der Waals surface area (Å²) in [6, 6.07) is 5.81. The average Bonchev–Trinajstić information content (AvgIpc) is 3.57. The van der Waals surface area contributed by atoms with Crippen LogP contribution < -0.4 is 10.2 Å². The van der Waals surface area contributed by atoms with Gasteiger partial charge in [-0.1, -0.05) is 39.7 Å². The first-order valence-electron chi connectivity index (χ1n) is 14.6.